The third kappa shape index (κ3) is 3.79. The fourth-order valence-electron chi connectivity index (χ4n) is 2.89. The lowest BCUT2D eigenvalue weighted by atomic mass is 10.00. The number of rotatable bonds is 5. The Morgan fingerprint density at radius 3 is 2.92 bits per heavy atom. The van der Waals surface area contributed by atoms with Crippen molar-refractivity contribution < 1.29 is 4.79 Å². The van der Waals surface area contributed by atoms with Gasteiger partial charge in [0.05, 0.1) is 17.8 Å². The first-order valence-electron chi connectivity index (χ1n) is 8.25. The maximum atomic E-state index is 12.3. The minimum absolute atomic E-state index is 0.0680. The van der Waals surface area contributed by atoms with E-state index in [1.807, 2.05) is 26.2 Å². The molecule has 0 aliphatic carbocycles. The van der Waals surface area contributed by atoms with Gasteiger partial charge in [-0.15, -0.1) is 11.3 Å². The van der Waals surface area contributed by atoms with Crippen molar-refractivity contribution in [3.05, 3.63) is 63.0 Å². The van der Waals surface area contributed by atoms with Crippen molar-refractivity contribution in [3.8, 4) is 0 Å². The predicted octanol–water partition coefficient (Wildman–Crippen LogP) is 3.34. The second-order valence-corrected chi connectivity index (χ2v) is 7.18. The highest BCUT2D eigenvalue weighted by Gasteiger charge is 2.13. The number of amides is 1. The summed E-state index contributed by atoms with van der Waals surface area (Å²) in [6.45, 7) is 6.38. The zero-order valence-electron chi connectivity index (χ0n) is 14.6. The molecule has 0 aliphatic heterocycles. The minimum atomic E-state index is -0.0957. The molecule has 3 rings (SSSR count). The topological polar surface area (TPSA) is 64.0 Å². The maximum absolute atomic E-state index is 12.3. The van der Waals surface area contributed by atoms with Crippen LogP contribution in [0, 0.1) is 13.8 Å². The highest BCUT2D eigenvalue weighted by molar-refractivity contribution is 7.16. The van der Waals surface area contributed by atoms with Gasteiger partial charge in [-0.05, 0) is 43.3 Å². The summed E-state index contributed by atoms with van der Waals surface area (Å²) in [5, 5.41) is 5.47. The van der Waals surface area contributed by atoms with Crippen LogP contribution in [-0.2, 0) is 11.3 Å². The molecule has 0 aliphatic rings. The molecule has 6 heteroatoms. The lowest BCUT2D eigenvalue weighted by Crippen LogP contribution is -2.29. The summed E-state index contributed by atoms with van der Waals surface area (Å²) < 4.78 is 1.50. The second kappa shape index (κ2) is 7.19. The Morgan fingerprint density at radius 2 is 2.12 bits per heavy atom. The number of carbonyl (C=O) groups excluding carboxylic acids is 1. The fraction of sp³-hybridized carbons (Fsp3) is 0.316. The normalized spacial score (nSPS) is 12.3. The van der Waals surface area contributed by atoms with Gasteiger partial charge in [0.1, 0.15) is 4.83 Å². The molecule has 0 fully saturated rings. The quantitative estimate of drug-likeness (QED) is 0.763. The van der Waals surface area contributed by atoms with Gasteiger partial charge >= 0.3 is 0 Å². The summed E-state index contributed by atoms with van der Waals surface area (Å²) in [7, 11) is 0. The number of thiophene rings is 1. The van der Waals surface area contributed by atoms with Gasteiger partial charge in [0.15, 0.2) is 0 Å². The van der Waals surface area contributed by atoms with Crippen molar-refractivity contribution in [1.29, 1.82) is 0 Å². The van der Waals surface area contributed by atoms with Gasteiger partial charge in [0.2, 0.25) is 5.91 Å². The Morgan fingerprint density at radius 1 is 1.32 bits per heavy atom. The number of carbonyl (C=O) groups is 1. The van der Waals surface area contributed by atoms with Gasteiger partial charge in [-0.25, -0.2) is 4.98 Å². The van der Waals surface area contributed by atoms with Crippen LogP contribution >= 0.6 is 11.3 Å². The molecule has 2 heterocycles. The molecule has 1 N–H and O–H groups in total. The van der Waals surface area contributed by atoms with Gasteiger partial charge < -0.3 is 5.32 Å². The van der Waals surface area contributed by atoms with Crippen molar-refractivity contribution in [2.75, 3.05) is 0 Å². The monoisotopic (exact) mass is 355 g/mol. The summed E-state index contributed by atoms with van der Waals surface area (Å²) in [5.74, 6) is -0.0780. The van der Waals surface area contributed by atoms with Gasteiger partial charge in [-0.2, -0.15) is 0 Å². The number of hydrogen-bond donors (Lipinski definition) is 1. The van der Waals surface area contributed by atoms with E-state index in [-0.39, 0.29) is 23.9 Å². The molecule has 3 aromatic rings. The number of hydrogen-bond acceptors (Lipinski definition) is 4. The highest BCUT2D eigenvalue weighted by atomic mass is 32.1. The number of nitrogens with one attached hydrogen (secondary N) is 1. The van der Waals surface area contributed by atoms with Crippen molar-refractivity contribution in [2.45, 2.75) is 39.8 Å². The Bertz CT molecular complexity index is 974. The molecule has 0 bridgehead atoms. The van der Waals surface area contributed by atoms with Crippen molar-refractivity contribution in [1.82, 2.24) is 14.9 Å². The summed E-state index contributed by atoms with van der Waals surface area (Å²) in [4.78, 5) is 29.6. The average Bonchev–Trinajstić information content (AvgIpc) is 3.06. The van der Waals surface area contributed by atoms with Crippen LogP contribution in [0.25, 0.3) is 10.2 Å². The van der Waals surface area contributed by atoms with E-state index in [0.29, 0.717) is 11.9 Å². The zero-order chi connectivity index (χ0) is 18.0. The number of nitrogens with zero attached hydrogens (tertiary/aromatic N) is 2. The molecular weight excluding hydrogens is 334 g/mol. The second-order valence-electron chi connectivity index (χ2n) is 6.28. The lowest BCUT2D eigenvalue weighted by molar-refractivity contribution is -0.121. The van der Waals surface area contributed by atoms with Crippen molar-refractivity contribution >= 4 is 27.5 Å². The largest absolute Gasteiger partial charge is 0.350 e. The van der Waals surface area contributed by atoms with E-state index in [1.54, 1.807) is 6.07 Å². The van der Waals surface area contributed by atoms with Gasteiger partial charge in [0, 0.05) is 13.0 Å². The van der Waals surface area contributed by atoms with Crippen molar-refractivity contribution in [3.63, 3.8) is 0 Å². The third-order valence-corrected chi connectivity index (χ3v) is 5.13. The van der Waals surface area contributed by atoms with Gasteiger partial charge in [-0.3, -0.25) is 14.2 Å². The van der Waals surface area contributed by atoms with E-state index in [1.165, 1.54) is 27.8 Å². The summed E-state index contributed by atoms with van der Waals surface area (Å²) >= 11 is 1.44. The molecule has 1 unspecified atom stereocenters. The first-order valence-corrected chi connectivity index (χ1v) is 9.13. The molecular formula is C19H21N3O2S. The van der Waals surface area contributed by atoms with Crippen LogP contribution in [0.1, 0.15) is 36.1 Å². The zero-order valence-corrected chi connectivity index (χ0v) is 15.4. The fourth-order valence-corrected chi connectivity index (χ4v) is 3.62. The van der Waals surface area contributed by atoms with Crippen LogP contribution in [-0.4, -0.2) is 15.5 Å². The van der Waals surface area contributed by atoms with Crippen LogP contribution in [0.3, 0.4) is 0 Å². The number of benzene rings is 1. The Kier molecular flexibility index (Phi) is 4.99. The summed E-state index contributed by atoms with van der Waals surface area (Å²) in [6.07, 6.45) is 1.76. The molecule has 5 nitrogen and oxygen atoms in total. The van der Waals surface area contributed by atoms with E-state index >= 15 is 0 Å². The van der Waals surface area contributed by atoms with Gasteiger partial charge in [-0.1, -0.05) is 23.8 Å². The lowest BCUT2D eigenvalue weighted by Gasteiger charge is -2.17. The Hall–Kier alpha value is -2.47. The molecule has 0 spiro atoms. The molecule has 2 aromatic heterocycles. The molecule has 0 saturated heterocycles. The highest BCUT2D eigenvalue weighted by Crippen LogP contribution is 2.19. The Labute approximate surface area is 150 Å². The first kappa shape index (κ1) is 17.4. The summed E-state index contributed by atoms with van der Waals surface area (Å²) in [6, 6.07) is 7.93. The van der Waals surface area contributed by atoms with E-state index in [9.17, 15) is 9.59 Å². The summed E-state index contributed by atoms with van der Waals surface area (Å²) in [5.41, 5.74) is 3.35. The van der Waals surface area contributed by atoms with Crippen molar-refractivity contribution in [2.24, 2.45) is 0 Å². The Balaban J connectivity index is 1.65. The van der Waals surface area contributed by atoms with Crippen LogP contribution in [0.5, 0.6) is 0 Å². The van der Waals surface area contributed by atoms with Crippen LogP contribution < -0.4 is 10.9 Å². The van der Waals surface area contributed by atoms with Gasteiger partial charge in [0.25, 0.3) is 5.56 Å². The molecule has 1 amide bonds. The number of aromatic nitrogens is 2. The smallest absolute Gasteiger partial charge is 0.262 e. The molecule has 130 valence electrons. The molecule has 25 heavy (non-hydrogen) atoms. The molecule has 0 radical (unpaired) electrons. The number of fused-ring (bicyclic) bond motifs is 1. The predicted molar refractivity (Wildman–Crippen MR) is 101 cm³/mol. The van der Waals surface area contributed by atoms with Crippen LogP contribution in [0.4, 0.5) is 0 Å². The van der Waals surface area contributed by atoms with Crippen LogP contribution in [0.2, 0.25) is 0 Å². The first-order chi connectivity index (χ1) is 12.0. The average molecular weight is 355 g/mol. The standard InChI is InChI=1S/C19H21N3O2S/c1-12-4-5-13(2)16(10-12)14(3)21-17(23)6-8-22-11-20-18-15(19(22)24)7-9-25-18/h4-5,7,9-11,14H,6,8H2,1-3H3,(H,21,23). The van der Waals surface area contributed by atoms with E-state index < -0.39 is 0 Å². The third-order valence-electron chi connectivity index (χ3n) is 4.31. The molecule has 0 saturated carbocycles. The minimum Gasteiger partial charge on any atom is -0.350 e. The van der Waals surface area contributed by atoms with Crippen LogP contribution in [0.15, 0.2) is 40.8 Å². The molecule has 1 atom stereocenters. The maximum Gasteiger partial charge on any atom is 0.262 e. The van der Waals surface area contributed by atoms with E-state index in [2.05, 4.69) is 28.5 Å². The number of aryl methyl sites for hydroxylation is 3. The van der Waals surface area contributed by atoms with E-state index in [4.69, 9.17) is 0 Å². The molecule has 1 aromatic carbocycles. The van der Waals surface area contributed by atoms with E-state index in [0.717, 1.165) is 16.0 Å². The SMILES string of the molecule is Cc1ccc(C)c(C(C)NC(=O)CCn2cnc3sccc3c2=O)c1.